The molecule has 0 amide bonds. The molecule has 0 saturated heterocycles. The SMILES string of the molecule is O=C(Cc1ccccc1)OCc1ccc(-c2ccc(Br)cc2)o1. The number of hydrogen-bond acceptors (Lipinski definition) is 3. The van der Waals surface area contributed by atoms with Gasteiger partial charge >= 0.3 is 5.97 Å². The van der Waals surface area contributed by atoms with Gasteiger partial charge in [0.2, 0.25) is 0 Å². The van der Waals surface area contributed by atoms with Gasteiger partial charge in [0.05, 0.1) is 6.42 Å². The van der Waals surface area contributed by atoms with E-state index in [9.17, 15) is 4.79 Å². The minimum absolute atomic E-state index is 0.141. The van der Waals surface area contributed by atoms with Crippen molar-refractivity contribution in [1.29, 1.82) is 0 Å². The van der Waals surface area contributed by atoms with Gasteiger partial charge < -0.3 is 9.15 Å². The van der Waals surface area contributed by atoms with Crippen molar-refractivity contribution >= 4 is 21.9 Å². The van der Waals surface area contributed by atoms with Gasteiger partial charge in [-0.25, -0.2) is 0 Å². The predicted octanol–water partition coefficient (Wildman–Crippen LogP) is 5.00. The van der Waals surface area contributed by atoms with Gasteiger partial charge in [-0.3, -0.25) is 4.79 Å². The smallest absolute Gasteiger partial charge is 0.310 e. The molecule has 0 saturated carbocycles. The third-order valence-corrected chi connectivity index (χ3v) is 3.89. The Morgan fingerprint density at radius 2 is 1.70 bits per heavy atom. The lowest BCUT2D eigenvalue weighted by Crippen LogP contribution is -2.07. The fraction of sp³-hybridized carbons (Fsp3) is 0.105. The molecule has 3 aromatic rings. The van der Waals surface area contributed by atoms with E-state index >= 15 is 0 Å². The number of carbonyl (C=O) groups excluding carboxylic acids is 1. The average molecular weight is 371 g/mol. The Morgan fingerprint density at radius 3 is 2.43 bits per heavy atom. The largest absolute Gasteiger partial charge is 0.457 e. The van der Waals surface area contributed by atoms with E-state index in [4.69, 9.17) is 9.15 Å². The third-order valence-electron chi connectivity index (χ3n) is 3.36. The number of hydrogen-bond donors (Lipinski definition) is 0. The monoisotopic (exact) mass is 370 g/mol. The second-order valence-corrected chi connectivity index (χ2v) is 6.01. The van der Waals surface area contributed by atoms with Crippen molar-refractivity contribution in [3.05, 3.63) is 82.5 Å². The summed E-state index contributed by atoms with van der Waals surface area (Å²) in [6, 6.07) is 21.1. The summed E-state index contributed by atoms with van der Waals surface area (Å²) >= 11 is 3.40. The number of halogens is 1. The van der Waals surface area contributed by atoms with E-state index in [0.29, 0.717) is 5.76 Å². The quantitative estimate of drug-likeness (QED) is 0.593. The van der Waals surface area contributed by atoms with Crippen LogP contribution in [0.1, 0.15) is 11.3 Å². The van der Waals surface area contributed by atoms with E-state index in [0.717, 1.165) is 21.4 Å². The minimum atomic E-state index is -0.266. The van der Waals surface area contributed by atoms with Crippen LogP contribution in [0.4, 0.5) is 0 Å². The third kappa shape index (κ3) is 4.33. The molecule has 1 heterocycles. The summed E-state index contributed by atoms with van der Waals surface area (Å²) in [5, 5.41) is 0. The van der Waals surface area contributed by atoms with Crippen molar-refractivity contribution in [3.63, 3.8) is 0 Å². The molecule has 0 fully saturated rings. The van der Waals surface area contributed by atoms with Crippen molar-refractivity contribution < 1.29 is 13.9 Å². The zero-order chi connectivity index (χ0) is 16.1. The lowest BCUT2D eigenvalue weighted by Gasteiger charge is -2.03. The first-order valence-electron chi connectivity index (χ1n) is 7.25. The molecular weight excluding hydrogens is 356 g/mol. The van der Waals surface area contributed by atoms with Gasteiger partial charge in [0.15, 0.2) is 0 Å². The van der Waals surface area contributed by atoms with Crippen molar-refractivity contribution in [2.24, 2.45) is 0 Å². The molecule has 0 aliphatic rings. The van der Waals surface area contributed by atoms with Gasteiger partial charge in [0.1, 0.15) is 18.1 Å². The molecule has 0 N–H and O–H groups in total. The first-order valence-corrected chi connectivity index (χ1v) is 8.04. The van der Waals surface area contributed by atoms with E-state index in [2.05, 4.69) is 15.9 Å². The number of ether oxygens (including phenoxy) is 1. The molecule has 4 heteroatoms. The Morgan fingerprint density at radius 1 is 0.957 bits per heavy atom. The summed E-state index contributed by atoms with van der Waals surface area (Å²) < 4.78 is 12.0. The Hall–Kier alpha value is -2.33. The van der Waals surface area contributed by atoms with Crippen LogP contribution in [0.2, 0.25) is 0 Å². The first kappa shape index (κ1) is 15.6. The maximum Gasteiger partial charge on any atom is 0.310 e. The molecule has 0 aliphatic heterocycles. The number of benzene rings is 2. The summed E-state index contributed by atoms with van der Waals surface area (Å²) in [5.74, 6) is 1.12. The fourth-order valence-electron chi connectivity index (χ4n) is 2.19. The van der Waals surface area contributed by atoms with E-state index in [1.54, 1.807) is 0 Å². The Balaban J connectivity index is 1.57. The van der Waals surface area contributed by atoms with Gasteiger partial charge in [-0.05, 0) is 29.8 Å². The number of rotatable bonds is 5. The van der Waals surface area contributed by atoms with Gasteiger partial charge in [-0.15, -0.1) is 0 Å². The number of esters is 1. The summed E-state index contributed by atoms with van der Waals surface area (Å²) in [6.45, 7) is 0.141. The zero-order valence-corrected chi connectivity index (χ0v) is 14.0. The molecule has 3 rings (SSSR count). The van der Waals surface area contributed by atoms with Crippen LogP contribution in [-0.2, 0) is 22.6 Å². The Bertz CT molecular complexity index is 776. The Labute approximate surface area is 143 Å². The highest BCUT2D eigenvalue weighted by atomic mass is 79.9. The van der Waals surface area contributed by atoms with E-state index in [-0.39, 0.29) is 19.0 Å². The van der Waals surface area contributed by atoms with Crippen LogP contribution in [0, 0.1) is 0 Å². The maximum absolute atomic E-state index is 11.8. The highest BCUT2D eigenvalue weighted by Gasteiger charge is 2.08. The molecule has 2 aromatic carbocycles. The zero-order valence-electron chi connectivity index (χ0n) is 12.4. The van der Waals surface area contributed by atoms with Gasteiger partial charge in [0, 0.05) is 10.0 Å². The molecule has 116 valence electrons. The number of carbonyl (C=O) groups is 1. The minimum Gasteiger partial charge on any atom is -0.457 e. The second kappa shape index (κ2) is 7.29. The molecule has 1 aromatic heterocycles. The van der Waals surface area contributed by atoms with E-state index < -0.39 is 0 Å². The van der Waals surface area contributed by atoms with Crippen molar-refractivity contribution in [2.45, 2.75) is 13.0 Å². The van der Waals surface area contributed by atoms with Crippen LogP contribution in [0.15, 0.2) is 75.6 Å². The molecule has 0 aliphatic carbocycles. The molecule has 0 atom stereocenters. The molecule has 23 heavy (non-hydrogen) atoms. The normalized spacial score (nSPS) is 10.5. The van der Waals surface area contributed by atoms with Crippen LogP contribution in [0.3, 0.4) is 0 Å². The van der Waals surface area contributed by atoms with Crippen LogP contribution < -0.4 is 0 Å². The predicted molar refractivity (Wildman–Crippen MR) is 91.8 cm³/mol. The highest BCUT2D eigenvalue weighted by molar-refractivity contribution is 9.10. The van der Waals surface area contributed by atoms with Crippen LogP contribution in [0.25, 0.3) is 11.3 Å². The van der Waals surface area contributed by atoms with Crippen molar-refractivity contribution in [2.75, 3.05) is 0 Å². The van der Waals surface area contributed by atoms with Crippen molar-refractivity contribution in [3.8, 4) is 11.3 Å². The summed E-state index contributed by atoms with van der Waals surface area (Å²) in [7, 11) is 0. The van der Waals surface area contributed by atoms with Gasteiger partial charge in [-0.2, -0.15) is 0 Å². The summed E-state index contributed by atoms with van der Waals surface area (Å²) in [5.41, 5.74) is 1.92. The molecule has 0 radical (unpaired) electrons. The molecule has 3 nitrogen and oxygen atoms in total. The lowest BCUT2D eigenvalue weighted by molar-refractivity contribution is -0.144. The highest BCUT2D eigenvalue weighted by Crippen LogP contribution is 2.24. The first-order chi connectivity index (χ1) is 11.2. The maximum atomic E-state index is 11.8. The van der Waals surface area contributed by atoms with Crippen LogP contribution in [0.5, 0.6) is 0 Å². The summed E-state index contributed by atoms with van der Waals surface area (Å²) in [6.07, 6.45) is 0.265. The standard InChI is InChI=1S/C19H15BrO3/c20-16-8-6-15(7-9-16)18-11-10-17(23-18)13-22-19(21)12-14-4-2-1-3-5-14/h1-11H,12-13H2. The van der Waals surface area contributed by atoms with E-state index in [1.165, 1.54) is 0 Å². The van der Waals surface area contributed by atoms with Crippen LogP contribution >= 0.6 is 15.9 Å². The van der Waals surface area contributed by atoms with Gasteiger partial charge in [0.25, 0.3) is 0 Å². The molecule has 0 unspecified atom stereocenters. The lowest BCUT2D eigenvalue weighted by atomic mass is 10.2. The topological polar surface area (TPSA) is 39.4 Å². The van der Waals surface area contributed by atoms with Gasteiger partial charge in [-0.1, -0.05) is 58.4 Å². The summed E-state index contributed by atoms with van der Waals surface area (Å²) in [4.78, 5) is 11.8. The second-order valence-electron chi connectivity index (χ2n) is 5.10. The molecular formula is C19H15BrO3. The average Bonchev–Trinajstić information content (AvgIpc) is 3.04. The Kier molecular flexibility index (Phi) is 4.93. The number of furan rings is 1. The van der Waals surface area contributed by atoms with E-state index in [1.807, 2.05) is 66.7 Å². The van der Waals surface area contributed by atoms with Crippen molar-refractivity contribution in [1.82, 2.24) is 0 Å². The fourth-order valence-corrected chi connectivity index (χ4v) is 2.45. The molecule has 0 bridgehead atoms. The van der Waals surface area contributed by atoms with Crippen LogP contribution in [-0.4, -0.2) is 5.97 Å². The molecule has 0 spiro atoms.